The van der Waals surface area contributed by atoms with Crippen molar-refractivity contribution in [1.29, 1.82) is 0 Å². The van der Waals surface area contributed by atoms with Crippen molar-refractivity contribution >= 4 is 5.91 Å². The van der Waals surface area contributed by atoms with Crippen molar-refractivity contribution in [2.45, 2.75) is 19.3 Å². The zero-order valence-corrected chi connectivity index (χ0v) is 15.4. The summed E-state index contributed by atoms with van der Waals surface area (Å²) in [6, 6.07) is 13.0. The van der Waals surface area contributed by atoms with Gasteiger partial charge in [-0.3, -0.25) is 4.79 Å². The Morgan fingerprint density at radius 3 is 1.88 bits per heavy atom. The molecule has 0 atom stereocenters. The van der Waals surface area contributed by atoms with Crippen LogP contribution in [-0.4, -0.2) is 33.8 Å². The monoisotopic (exact) mass is 343 g/mol. The van der Waals surface area contributed by atoms with Gasteiger partial charge in [0.25, 0.3) is 5.91 Å². The van der Waals surface area contributed by atoms with E-state index in [1.54, 1.807) is 39.5 Å². The van der Waals surface area contributed by atoms with Gasteiger partial charge in [0.1, 0.15) is 17.2 Å². The number of nitrogens with one attached hydrogen (secondary N) is 1. The molecule has 0 saturated heterocycles. The SMILES string of the molecule is COc1ccc(C(C)(C)CNC(=O)c2cc(OC)cc(OC)c2)cc1. The van der Waals surface area contributed by atoms with Crippen molar-refractivity contribution in [2.75, 3.05) is 27.9 Å². The lowest BCUT2D eigenvalue weighted by molar-refractivity contribution is 0.0945. The van der Waals surface area contributed by atoms with E-state index in [0.29, 0.717) is 23.6 Å². The number of ether oxygens (including phenoxy) is 3. The molecule has 0 fully saturated rings. The largest absolute Gasteiger partial charge is 0.497 e. The van der Waals surface area contributed by atoms with Crippen LogP contribution in [0.3, 0.4) is 0 Å². The zero-order valence-electron chi connectivity index (χ0n) is 15.4. The first-order valence-electron chi connectivity index (χ1n) is 8.05. The number of hydrogen-bond donors (Lipinski definition) is 1. The lowest BCUT2D eigenvalue weighted by atomic mass is 9.84. The Morgan fingerprint density at radius 2 is 1.40 bits per heavy atom. The first-order chi connectivity index (χ1) is 11.9. The minimum Gasteiger partial charge on any atom is -0.497 e. The van der Waals surface area contributed by atoms with E-state index in [4.69, 9.17) is 14.2 Å². The molecule has 25 heavy (non-hydrogen) atoms. The Bertz CT molecular complexity index is 701. The number of carbonyl (C=O) groups excluding carboxylic acids is 1. The van der Waals surface area contributed by atoms with Crippen molar-refractivity contribution in [3.8, 4) is 17.2 Å². The summed E-state index contributed by atoms with van der Waals surface area (Å²) in [5.74, 6) is 1.81. The summed E-state index contributed by atoms with van der Waals surface area (Å²) in [6.45, 7) is 4.67. The fraction of sp³-hybridized carbons (Fsp3) is 0.350. The summed E-state index contributed by atoms with van der Waals surface area (Å²) in [5.41, 5.74) is 1.41. The van der Waals surface area contributed by atoms with E-state index in [0.717, 1.165) is 11.3 Å². The molecule has 1 N–H and O–H groups in total. The number of hydrogen-bond acceptors (Lipinski definition) is 4. The minimum atomic E-state index is -0.217. The van der Waals surface area contributed by atoms with Crippen LogP contribution in [0.1, 0.15) is 29.8 Å². The second-order valence-electron chi connectivity index (χ2n) is 6.40. The van der Waals surface area contributed by atoms with Gasteiger partial charge >= 0.3 is 0 Å². The molecule has 2 aromatic rings. The second-order valence-corrected chi connectivity index (χ2v) is 6.40. The second kappa shape index (κ2) is 7.92. The molecule has 0 saturated carbocycles. The maximum Gasteiger partial charge on any atom is 0.251 e. The molecular formula is C20H25NO4. The van der Waals surface area contributed by atoms with E-state index in [9.17, 15) is 4.79 Å². The molecule has 2 rings (SSSR count). The normalized spacial score (nSPS) is 10.9. The highest BCUT2D eigenvalue weighted by Gasteiger charge is 2.22. The molecular weight excluding hydrogens is 318 g/mol. The van der Waals surface area contributed by atoms with Crippen LogP contribution in [0.2, 0.25) is 0 Å². The van der Waals surface area contributed by atoms with Gasteiger partial charge in [0, 0.05) is 23.6 Å². The van der Waals surface area contributed by atoms with E-state index in [-0.39, 0.29) is 11.3 Å². The Hall–Kier alpha value is -2.69. The van der Waals surface area contributed by atoms with Crippen LogP contribution >= 0.6 is 0 Å². The minimum absolute atomic E-state index is 0.168. The van der Waals surface area contributed by atoms with Gasteiger partial charge < -0.3 is 19.5 Å². The molecule has 0 aliphatic carbocycles. The predicted octanol–water partition coefficient (Wildman–Crippen LogP) is 3.42. The molecule has 2 aromatic carbocycles. The van der Waals surface area contributed by atoms with E-state index in [2.05, 4.69) is 19.2 Å². The summed E-state index contributed by atoms with van der Waals surface area (Å²) in [6.07, 6.45) is 0. The molecule has 0 unspecified atom stereocenters. The lowest BCUT2D eigenvalue weighted by Gasteiger charge is -2.26. The Labute approximate surface area is 148 Å². The first kappa shape index (κ1) is 18.6. The lowest BCUT2D eigenvalue weighted by Crippen LogP contribution is -2.36. The summed E-state index contributed by atoms with van der Waals surface area (Å²) < 4.78 is 15.6. The molecule has 0 spiro atoms. The number of rotatable bonds is 7. The molecule has 0 bridgehead atoms. The van der Waals surface area contributed by atoms with Crippen molar-refractivity contribution in [1.82, 2.24) is 5.32 Å². The standard InChI is InChI=1S/C20H25NO4/c1-20(2,15-6-8-16(23-3)9-7-15)13-21-19(22)14-10-17(24-4)12-18(11-14)25-5/h6-12H,13H2,1-5H3,(H,21,22). The van der Waals surface area contributed by atoms with Crippen molar-refractivity contribution in [3.63, 3.8) is 0 Å². The quantitative estimate of drug-likeness (QED) is 0.837. The van der Waals surface area contributed by atoms with Crippen LogP contribution in [0.5, 0.6) is 17.2 Å². The fourth-order valence-corrected chi connectivity index (χ4v) is 2.49. The number of methoxy groups -OCH3 is 3. The molecule has 0 radical (unpaired) electrons. The summed E-state index contributed by atoms with van der Waals surface area (Å²) in [4.78, 5) is 12.5. The third-order valence-electron chi connectivity index (χ3n) is 4.18. The van der Waals surface area contributed by atoms with Crippen LogP contribution in [0.15, 0.2) is 42.5 Å². The average Bonchev–Trinajstić information content (AvgIpc) is 2.65. The van der Waals surface area contributed by atoms with Crippen LogP contribution in [0.4, 0.5) is 0 Å². The van der Waals surface area contributed by atoms with Crippen molar-refractivity contribution < 1.29 is 19.0 Å². The smallest absolute Gasteiger partial charge is 0.251 e. The predicted molar refractivity (Wildman–Crippen MR) is 97.9 cm³/mol. The first-order valence-corrected chi connectivity index (χ1v) is 8.05. The highest BCUT2D eigenvalue weighted by molar-refractivity contribution is 5.95. The molecule has 0 heterocycles. The molecule has 5 heteroatoms. The van der Waals surface area contributed by atoms with E-state index < -0.39 is 0 Å². The molecule has 0 aliphatic heterocycles. The van der Waals surface area contributed by atoms with Gasteiger partial charge in [-0.05, 0) is 29.8 Å². The van der Waals surface area contributed by atoms with Gasteiger partial charge in [0.2, 0.25) is 0 Å². The highest BCUT2D eigenvalue weighted by atomic mass is 16.5. The van der Waals surface area contributed by atoms with E-state index in [1.165, 1.54) is 0 Å². The van der Waals surface area contributed by atoms with E-state index in [1.807, 2.05) is 24.3 Å². The summed E-state index contributed by atoms with van der Waals surface area (Å²) >= 11 is 0. The Kier molecular flexibility index (Phi) is 5.91. The third kappa shape index (κ3) is 4.66. The van der Waals surface area contributed by atoms with Gasteiger partial charge in [0.15, 0.2) is 0 Å². The number of benzene rings is 2. The molecule has 5 nitrogen and oxygen atoms in total. The summed E-state index contributed by atoms with van der Waals surface area (Å²) in [7, 11) is 4.76. The molecule has 134 valence electrons. The van der Waals surface area contributed by atoms with E-state index >= 15 is 0 Å². The Morgan fingerprint density at radius 1 is 0.880 bits per heavy atom. The van der Waals surface area contributed by atoms with Gasteiger partial charge in [-0.1, -0.05) is 26.0 Å². The fourth-order valence-electron chi connectivity index (χ4n) is 2.49. The number of carbonyl (C=O) groups is 1. The van der Waals surface area contributed by atoms with Crippen LogP contribution < -0.4 is 19.5 Å². The number of amides is 1. The van der Waals surface area contributed by atoms with Gasteiger partial charge in [0.05, 0.1) is 21.3 Å². The highest BCUT2D eigenvalue weighted by Crippen LogP contribution is 2.25. The van der Waals surface area contributed by atoms with Gasteiger partial charge in [-0.2, -0.15) is 0 Å². The van der Waals surface area contributed by atoms with Crippen molar-refractivity contribution in [3.05, 3.63) is 53.6 Å². The van der Waals surface area contributed by atoms with Crippen LogP contribution in [-0.2, 0) is 5.41 Å². The summed E-state index contributed by atoms with van der Waals surface area (Å²) in [5, 5.41) is 2.99. The van der Waals surface area contributed by atoms with Gasteiger partial charge in [-0.15, -0.1) is 0 Å². The Balaban J connectivity index is 2.09. The molecule has 0 aromatic heterocycles. The maximum atomic E-state index is 12.5. The third-order valence-corrected chi connectivity index (χ3v) is 4.18. The topological polar surface area (TPSA) is 56.8 Å². The van der Waals surface area contributed by atoms with Crippen LogP contribution in [0, 0.1) is 0 Å². The van der Waals surface area contributed by atoms with Crippen LogP contribution in [0.25, 0.3) is 0 Å². The van der Waals surface area contributed by atoms with Gasteiger partial charge in [-0.25, -0.2) is 0 Å². The molecule has 0 aliphatic rings. The molecule has 1 amide bonds. The van der Waals surface area contributed by atoms with Crippen molar-refractivity contribution in [2.24, 2.45) is 0 Å². The average molecular weight is 343 g/mol. The zero-order chi connectivity index (χ0) is 18.4. The maximum absolute atomic E-state index is 12.5.